The lowest BCUT2D eigenvalue weighted by atomic mass is 9.90. The van der Waals surface area contributed by atoms with E-state index in [1.807, 2.05) is 48.5 Å². The van der Waals surface area contributed by atoms with Crippen molar-refractivity contribution in [2.24, 2.45) is 11.8 Å². The minimum Gasteiger partial charge on any atom is -0.466 e. The van der Waals surface area contributed by atoms with Gasteiger partial charge in [-0.3, -0.25) is 19.2 Å². The van der Waals surface area contributed by atoms with E-state index in [-0.39, 0.29) is 108 Å². The molecule has 0 aromatic heterocycles. The van der Waals surface area contributed by atoms with E-state index in [1.54, 1.807) is 26.5 Å². The number of alkyl halides is 6. The maximum atomic E-state index is 14.2. The fraction of sp³-hybridized carbons (Fsp3) is 0.610. The monoisotopic (exact) mass is 1640 g/mol. The number of rotatable bonds is 22. The zero-order chi connectivity index (χ0) is 81.4. The molecule has 8 amide bonds. The third-order valence-corrected chi connectivity index (χ3v) is 24.6. The highest BCUT2D eigenvalue weighted by atomic mass is 35.5. The summed E-state index contributed by atoms with van der Waals surface area (Å²) < 4.78 is 106. The van der Waals surface area contributed by atoms with Crippen molar-refractivity contribution in [2.45, 2.75) is 204 Å². The first-order valence-corrected chi connectivity index (χ1v) is 41.3. The molecule has 24 nitrogen and oxygen atoms in total. The Balaban J connectivity index is 0.000000225. The zero-order valence-corrected chi connectivity index (χ0v) is 66.6. The topological polar surface area (TPSA) is 276 Å². The van der Waals surface area contributed by atoms with Gasteiger partial charge < -0.3 is 80.2 Å². The second-order valence-electron chi connectivity index (χ2n) is 31.3. The van der Waals surface area contributed by atoms with Crippen molar-refractivity contribution in [3.05, 3.63) is 116 Å². The molecule has 12 rings (SSSR count). The van der Waals surface area contributed by atoms with Crippen LogP contribution in [0.2, 0.25) is 10.0 Å². The molecule has 0 saturated carbocycles. The van der Waals surface area contributed by atoms with Gasteiger partial charge in [0.25, 0.3) is 11.8 Å². The van der Waals surface area contributed by atoms with Crippen LogP contribution >= 0.6 is 23.2 Å². The standard InChI is InChI=1S/C42H56ClF3N6O6.C40H52ClF3N6O6/c1-2-3-24-57-37(53)9-8-28-10-17-49(18-11-28)31-13-19-50(20-14-31)39(54)36(27-29-25-33(42(44,45)46)38(47)34(43)26-29)58-41(56)51-21-15-32(16-22-51)52-23-12-30-6-4-5-7-35(30)48-40(52)55;1-2-55-35(51)8-7-26-9-16-47(17-10-26)29-12-18-48(19-13-29)37(52)34(25-27-23-31(40(42,43)44)36(45)32(41)24-27)56-39(54)49-20-14-30(15-21-49)50-22-11-28-5-3-4-6-33(28)46-38(50)53/h4-7,25-26,28,31-32,36H,2-3,8-24,27,47H2,1H3,(H,48,55);3-6,23-24,26,29-30,34H,2,7-22,25,45H2,1H3,(H,46,53)/t36-;34-/m11/s1. The summed E-state index contributed by atoms with van der Waals surface area (Å²) in [6, 6.07) is 19.5. The van der Waals surface area contributed by atoms with E-state index in [9.17, 15) is 64.7 Å². The lowest BCUT2D eigenvalue weighted by molar-refractivity contribution is -0.145. The van der Waals surface area contributed by atoms with E-state index >= 15 is 0 Å². The summed E-state index contributed by atoms with van der Waals surface area (Å²) in [4.78, 5) is 121. The molecule has 6 saturated heterocycles. The summed E-state index contributed by atoms with van der Waals surface area (Å²) in [7, 11) is 0. The van der Waals surface area contributed by atoms with Gasteiger partial charge in [0.05, 0.1) is 45.8 Å². The number of fused-ring (bicyclic) bond motifs is 2. The van der Waals surface area contributed by atoms with Crippen molar-refractivity contribution in [3.63, 3.8) is 0 Å². The number of urea groups is 2. The molecular formula is C82H108Cl2F6N12O12. The van der Waals surface area contributed by atoms with E-state index in [2.05, 4.69) is 27.4 Å². The highest BCUT2D eigenvalue weighted by Gasteiger charge is 2.43. The van der Waals surface area contributed by atoms with Gasteiger partial charge in [-0.15, -0.1) is 0 Å². The molecule has 8 aliphatic rings. The lowest BCUT2D eigenvalue weighted by Gasteiger charge is -2.42. The molecule has 4 aromatic carbocycles. The number of unbranched alkanes of at least 4 members (excludes halogenated alkanes) is 1. The molecule has 8 aliphatic heterocycles. The molecule has 114 heavy (non-hydrogen) atoms. The van der Waals surface area contributed by atoms with Gasteiger partial charge in [-0.1, -0.05) is 72.9 Å². The summed E-state index contributed by atoms with van der Waals surface area (Å²) in [5.74, 6) is -0.326. The Bertz CT molecular complexity index is 3990. The molecule has 0 spiro atoms. The number of hydrogen-bond donors (Lipinski definition) is 4. The van der Waals surface area contributed by atoms with Crippen LogP contribution in [-0.2, 0) is 76.2 Å². The van der Waals surface area contributed by atoms with Crippen LogP contribution in [0.3, 0.4) is 0 Å². The summed E-state index contributed by atoms with van der Waals surface area (Å²) >= 11 is 12.3. The van der Waals surface area contributed by atoms with Crippen molar-refractivity contribution >= 4 is 94.0 Å². The number of nitrogen functional groups attached to an aromatic ring is 2. The number of halogens is 8. The number of hydrogen-bond acceptors (Lipinski definition) is 16. The number of carbonyl (C=O) groups excluding carboxylic acids is 8. The predicted molar refractivity (Wildman–Crippen MR) is 419 cm³/mol. The Labute approximate surface area is 672 Å². The molecule has 0 bridgehead atoms. The van der Waals surface area contributed by atoms with Gasteiger partial charge in [0.1, 0.15) is 0 Å². The number of nitrogens with one attached hydrogen (secondary N) is 2. The first-order chi connectivity index (χ1) is 54.6. The number of likely N-dealkylation sites (tertiary alicyclic amines) is 6. The van der Waals surface area contributed by atoms with Gasteiger partial charge in [0, 0.05) is 127 Å². The number of amides is 8. The summed E-state index contributed by atoms with van der Waals surface area (Å²) in [6.07, 6.45) is -0.0179. The Hall–Kier alpha value is -8.48. The molecular weight excluding hydrogens is 1530 g/mol. The molecule has 32 heteroatoms. The fourth-order valence-electron chi connectivity index (χ4n) is 17.2. The molecule has 6 fully saturated rings. The van der Waals surface area contributed by atoms with Crippen LogP contribution in [0.25, 0.3) is 0 Å². The molecule has 0 unspecified atom stereocenters. The maximum Gasteiger partial charge on any atom is 0.418 e. The van der Waals surface area contributed by atoms with Crippen molar-refractivity contribution in [2.75, 3.05) is 127 Å². The van der Waals surface area contributed by atoms with E-state index in [4.69, 9.17) is 53.6 Å². The second-order valence-corrected chi connectivity index (χ2v) is 32.1. The Morgan fingerprint density at radius 2 is 0.842 bits per heavy atom. The summed E-state index contributed by atoms with van der Waals surface area (Å²) in [5.41, 5.74) is 11.7. The number of anilines is 4. The number of esters is 2. The number of piperidine rings is 6. The van der Waals surface area contributed by atoms with Crippen LogP contribution in [-0.4, -0.2) is 228 Å². The van der Waals surface area contributed by atoms with Crippen LogP contribution in [0, 0.1) is 11.8 Å². The number of carbonyl (C=O) groups is 8. The Kier molecular flexibility index (Phi) is 30.2. The van der Waals surface area contributed by atoms with E-state index in [0.717, 1.165) is 112 Å². The van der Waals surface area contributed by atoms with Gasteiger partial charge in [-0.2, -0.15) is 26.3 Å². The number of nitrogens with two attached hydrogens (primary N) is 2. The highest BCUT2D eigenvalue weighted by molar-refractivity contribution is 6.33. The van der Waals surface area contributed by atoms with Gasteiger partial charge in [0.2, 0.25) is 0 Å². The number of para-hydroxylation sites is 2. The molecule has 624 valence electrons. The fourth-order valence-corrected chi connectivity index (χ4v) is 17.7. The van der Waals surface area contributed by atoms with Crippen molar-refractivity contribution in [3.8, 4) is 0 Å². The highest BCUT2D eigenvalue weighted by Crippen LogP contribution is 2.41. The summed E-state index contributed by atoms with van der Waals surface area (Å²) in [5, 5.41) is 5.37. The van der Waals surface area contributed by atoms with Crippen LogP contribution in [0.1, 0.15) is 163 Å². The zero-order valence-electron chi connectivity index (χ0n) is 65.1. The van der Waals surface area contributed by atoms with E-state index < -0.39 is 71.1 Å². The Morgan fingerprint density at radius 3 is 1.21 bits per heavy atom. The summed E-state index contributed by atoms with van der Waals surface area (Å²) in [6.45, 7) is 12.1. The van der Waals surface area contributed by atoms with Gasteiger partial charge in [-0.25, -0.2) is 19.2 Å². The van der Waals surface area contributed by atoms with Crippen LogP contribution in [0.4, 0.5) is 68.3 Å². The molecule has 8 heterocycles. The van der Waals surface area contributed by atoms with Crippen LogP contribution in [0.15, 0.2) is 72.8 Å². The van der Waals surface area contributed by atoms with Crippen molar-refractivity contribution < 1.29 is 83.6 Å². The smallest absolute Gasteiger partial charge is 0.418 e. The van der Waals surface area contributed by atoms with Crippen molar-refractivity contribution in [1.82, 2.24) is 39.2 Å². The average Bonchev–Trinajstić information content (AvgIpc) is 1.18. The molecule has 0 radical (unpaired) electrons. The third-order valence-electron chi connectivity index (χ3n) is 23.9. The molecule has 4 aromatic rings. The van der Waals surface area contributed by atoms with Crippen LogP contribution in [0.5, 0.6) is 0 Å². The number of nitrogens with zero attached hydrogens (tertiary/aromatic N) is 8. The lowest BCUT2D eigenvalue weighted by Crippen LogP contribution is -2.53. The third kappa shape index (κ3) is 23.0. The SMILES string of the molecule is CCCCOC(=O)CCC1CCN(C2CCN(C(=O)[C@@H](Cc3cc(Cl)c(N)c(C(F)(F)F)c3)OC(=O)N3CCC(N4CCc5ccccc5NC4=O)CC3)CC2)CC1.CCOC(=O)CCC1CCN(C2CCN(C(=O)[C@@H](Cc3cc(Cl)c(N)c(C(F)(F)F)c3)OC(=O)N3CCC(N4CCc5ccccc5NC4=O)CC3)CC2)CC1. The number of ether oxygens (including phenoxy) is 4. The normalized spacial score (nSPS) is 19.7. The number of benzene rings is 4. The second kappa shape index (κ2) is 39.9. The first kappa shape index (κ1) is 86.4. The Morgan fingerprint density at radius 1 is 0.482 bits per heavy atom. The molecule has 6 N–H and O–H groups in total. The van der Waals surface area contributed by atoms with Crippen molar-refractivity contribution in [1.29, 1.82) is 0 Å². The first-order valence-electron chi connectivity index (χ1n) is 40.5. The minimum atomic E-state index is -4.78. The van der Waals surface area contributed by atoms with Gasteiger partial charge >= 0.3 is 48.5 Å². The largest absolute Gasteiger partial charge is 0.466 e. The molecule has 2 atom stereocenters. The average molecular weight is 1640 g/mol. The minimum absolute atomic E-state index is 0.0651. The van der Waals surface area contributed by atoms with Gasteiger partial charge in [-0.05, 0) is 213 Å². The maximum absolute atomic E-state index is 14.2. The quantitative estimate of drug-likeness (QED) is 0.0187. The van der Waals surface area contributed by atoms with Gasteiger partial charge in [0.15, 0.2) is 12.2 Å². The van der Waals surface area contributed by atoms with Crippen LogP contribution < -0.4 is 22.1 Å². The molecule has 0 aliphatic carbocycles. The van der Waals surface area contributed by atoms with E-state index in [0.29, 0.717) is 141 Å². The predicted octanol–water partition coefficient (Wildman–Crippen LogP) is 14.0. The van der Waals surface area contributed by atoms with E-state index in [1.165, 1.54) is 21.9 Å².